The molecule has 172 valence electrons. The fourth-order valence-corrected chi connectivity index (χ4v) is 3.53. The van der Waals surface area contributed by atoms with E-state index >= 15 is 0 Å². The highest BCUT2D eigenvalue weighted by Gasteiger charge is 2.18. The van der Waals surface area contributed by atoms with Crippen LogP contribution in [0.5, 0.6) is 11.5 Å². The maximum atomic E-state index is 12.9. The summed E-state index contributed by atoms with van der Waals surface area (Å²) in [5, 5.41) is 0. The molecule has 0 unspecified atom stereocenters. The number of carbonyl (C=O) groups is 2. The largest absolute Gasteiger partial charge is 0.466 e. The second-order valence-corrected chi connectivity index (χ2v) is 7.64. The van der Waals surface area contributed by atoms with E-state index in [-0.39, 0.29) is 24.7 Å². The van der Waals surface area contributed by atoms with E-state index < -0.39 is 0 Å². The highest BCUT2D eigenvalue weighted by Crippen LogP contribution is 2.22. The molecule has 0 bridgehead atoms. The molecule has 1 amide bonds. The van der Waals surface area contributed by atoms with Crippen molar-refractivity contribution in [1.82, 2.24) is 9.80 Å². The zero-order valence-electron chi connectivity index (χ0n) is 18.7. The van der Waals surface area contributed by atoms with E-state index in [1.165, 1.54) is 0 Å². The highest BCUT2D eigenvalue weighted by atomic mass is 16.5. The number of para-hydroxylation sites is 1. The van der Waals surface area contributed by atoms with Gasteiger partial charge >= 0.3 is 5.97 Å². The molecule has 0 N–H and O–H groups in total. The molecule has 0 atom stereocenters. The summed E-state index contributed by atoms with van der Waals surface area (Å²) in [6.45, 7) is 7.07. The molecule has 7 nitrogen and oxygen atoms in total. The Morgan fingerprint density at radius 3 is 2.50 bits per heavy atom. The molecule has 1 fully saturated rings. The van der Waals surface area contributed by atoms with E-state index in [1.807, 2.05) is 59.5 Å². The molecular weight excluding hydrogens is 408 g/mol. The second kappa shape index (κ2) is 12.8. The van der Waals surface area contributed by atoms with Crippen LogP contribution in [-0.4, -0.2) is 67.7 Å². The zero-order valence-corrected chi connectivity index (χ0v) is 18.7. The van der Waals surface area contributed by atoms with Crippen molar-refractivity contribution >= 4 is 11.9 Å². The molecule has 2 aromatic rings. The lowest BCUT2D eigenvalue weighted by molar-refractivity contribution is -0.145. The lowest BCUT2D eigenvalue weighted by Gasteiger charge is -2.30. The number of ether oxygens (including phenoxy) is 3. The molecule has 0 aromatic heterocycles. The van der Waals surface area contributed by atoms with Crippen LogP contribution in [-0.2, 0) is 25.6 Å². The first-order valence-electron chi connectivity index (χ1n) is 11.2. The van der Waals surface area contributed by atoms with Crippen molar-refractivity contribution in [2.45, 2.75) is 26.3 Å². The maximum Gasteiger partial charge on any atom is 0.306 e. The number of nitrogens with zero attached hydrogens (tertiary/aromatic N) is 2. The summed E-state index contributed by atoms with van der Waals surface area (Å²) in [5.74, 6) is 1.09. The minimum Gasteiger partial charge on any atom is -0.466 e. The van der Waals surface area contributed by atoms with E-state index in [1.54, 1.807) is 6.92 Å². The minimum atomic E-state index is -0.341. The Balaban J connectivity index is 1.64. The minimum absolute atomic E-state index is 0.0549. The van der Waals surface area contributed by atoms with Gasteiger partial charge in [0.2, 0.25) is 5.91 Å². The molecule has 1 saturated heterocycles. The van der Waals surface area contributed by atoms with Gasteiger partial charge in [0.1, 0.15) is 11.5 Å². The van der Waals surface area contributed by atoms with Crippen molar-refractivity contribution in [3.63, 3.8) is 0 Å². The molecule has 0 radical (unpaired) electrons. The molecule has 1 heterocycles. The van der Waals surface area contributed by atoms with Crippen LogP contribution in [0.2, 0.25) is 0 Å². The molecule has 0 aliphatic carbocycles. The fourth-order valence-electron chi connectivity index (χ4n) is 3.53. The first kappa shape index (κ1) is 23.8. The Morgan fingerprint density at radius 2 is 1.75 bits per heavy atom. The Morgan fingerprint density at radius 1 is 1.00 bits per heavy atom. The zero-order chi connectivity index (χ0) is 22.6. The number of morpholine rings is 1. The SMILES string of the molecule is CCOC(=O)CCC(=O)N(CCN1CCOCC1)Cc1cccc(Oc2ccccc2)c1. The van der Waals surface area contributed by atoms with E-state index in [0.29, 0.717) is 19.7 Å². The van der Waals surface area contributed by atoms with Gasteiger partial charge in [-0.1, -0.05) is 30.3 Å². The van der Waals surface area contributed by atoms with Crippen LogP contribution in [0, 0.1) is 0 Å². The third kappa shape index (κ3) is 7.98. The topological polar surface area (TPSA) is 68.3 Å². The van der Waals surface area contributed by atoms with E-state index in [4.69, 9.17) is 14.2 Å². The number of benzene rings is 2. The first-order valence-corrected chi connectivity index (χ1v) is 11.2. The molecule has 1 aliphatic rings. The second-order valence-electron chi connectivity index (χ2n) is 7.64. The summed E-state index contributed by atoms with van der Waals surface area (Å²) < 4.78 is 16.3. The molecule has 1 aliphatic heterocycles. The van der Waals surface area contributed by atoms with E-state index in [9.17, 15) is 9.59 Å². The van der Waals surface area contributed by atoms with Gasteiger partial charge in [-0.05, 0) is 36.8 Å². The van der Waals surface area contributed by atoms with Gasteiger partial charge in [0, 0.05) is 39.1 Å². The Labute approximate surface area is 189 Å². The van der Waals surface area contributed by atoms with Gasteiger partial charge < -0.3 is 19.1 Å². The Kier molecular flexibility index (Phi) is 9.53. The van der Waals surface area contributed by atoms with Crippen molar-refractivity contribution in [2.75, 3.05) is 46.0 Å². The molecule has 0 saturated carbocycles. The fraction of sp³-hybridized carbons (Fsp3) is 0.440. The van der Waals surface area contributed by atoms with Crippen molar-refractivity contribution < 1.29 is 23.8 Å². The maximum absolute atomic E-state index is 12.9. The smallest absolute Gasteiger partial charge is 0.306 e. The van der Waals surface area contributed by atoms with Gasteiger partial charge in [-0.15, -0.1) is 0 Å². The molecule has 32 heavy (non-hydrogen) atoms. The third-order valence-corrected chi connectivity index (χ3v) is 5.24. The van der Waals surface area contributed by atoms with Crippen LogP contribution in [0.4, 0.5) is 0 Å². The quantitative estimate of drug-likeness (QED) is 0.499. The van der Waals surface area contributed by atoms with Gasteiger partial charge in [0.05, 0.1) is 26.2 Å². The van der Waals surface area contributed by atoms with Crippen LogP contribution < -0.4 is 4.74 Å². The molecule has 7 heteroatoms. The van der Waals surface area contributed by atoms with Gasteiger partial charge in [0.15, 0.2) is 0 Å². The van der Waals surface area contributed by atoms with Gasteiger partial charge in [-0.25, -0.2) is 0 Å². The molecule has 3 rings (SSSR count). The van der Waals surface area contributed by atoms with Gasteiger partial charge in [-0.2, -0.15) is 0 Å². The third-order valence-electron chi connectivity index (χ3n) is 5.24. The number of hydrogen-bond donors (Lipinski definition) is 0. The van der Waals surface area contributed by atoms with Crippen molar-refractivity contribution in [3.05, 3.63) is 60.2 Å². The Bertz CT molecular complexity index is 852. The van der Waals surface area contributed by atoms with Crippen LogP contribution in [0.15, 0.2) is 54.6 Å². The standard InChI is InChI=1S/C25H32N2O5/c1-2-31-25(29)12-11-24(28)27(14-13-26-15-17-30-18-16-26)20-21-7-6-10-23(19-21)32-22-8-4-3-5-9-22/h3-10,19H,2,11-18,20H2,1H3. The summed E-state index contributed by atoms with van der Waals surface area (Å²) in [6, 6.07) is 17.4. The number of esters is 1. The predicted molar refractivity (Wildman–Crippen MR) is 122 cm³/mol. The highest BCUT2D eigenvalue weighted by molar-refractivity contribution is 5.81. The van der Waals surface area contributed by atoms with Crippen LogP contribution in [0.3, 0.4) is 0 Å². The van der Waals surface area contributed by atoms with Gasteiger partial charge in [-0.3, -0.25) is 14.5 Å². The van der Waals surface area contributed by atoms with Crippen molar-refractivity contribution in [1.29, 1.82) is 0 Å². The summed E-state index contributed by atoms with van der Waals surface area (Å²) in [7, 11) is 0. The summed E-state index contributed by atoms with van der Waals surface area (Å²) in [5.41, 5.74) is 0.977. The molecular formula is C25H32N2O5. The van der Waals surface area contributed by atoms with Crippen LogP contribution in [0.25, 0.3) is 0 Å². The lowest BCUT2D eigenvalue weighted by Crippen LogP contribution is -2.43. The van der Waals surface area contributed by atoms with Crippen LogP contribution in [0.1, 0.15) is 25.3 Å². The number of hydrogen-bond acceptors (Lipinski definition) is 6. The average Bonchev–Trinajstić information content (AvgIpc) is 2.82. The monoisotopic (exact) mass is 440 g/mol. The average molecular weight is 441 g/mol. The lowest BCUT2D eigenvalue weighted by atomic mass is 10.1. The first-order chi connectivity index (χ1) is 15.6. The predicted octanol–water partition coefficient (Wildman–Crippen LogP) is 3.48. The number of carbonyl (C=O) groups excluding carboxylic acids is 2. The van der Waals surface area contributed by atoms with Gasteiger partial charge in [0.25, 0.3) is 0 Å². The number of amides is 1. The van der Waals surface area contributed by atoms with Crippen LogP contribution >= 0.6 is 0 Å². The Hall–Kier alpha value is -2.90. The normalized spacial score (nSPS) is 14.0. The van der Waals surface area contributed by atoms with E-state index in [2.05, 4.69) is 4.90 Å². The molecule has 0 spiro atoms. The van der Waals surface area contributed by atoms with Crippen molar-refractivity contribution in [3.8, 4) is 11.5 Å². The summed E-state index contributed by atoms with van der Waals surface area (Å²) in [6.07, 6.45) is 0.236. The summed E-state index contributed by atoms with van der Waals surface area (Å²) >= 11 is 0. The van der Waals surface area contributed by atoms with E-state index in [0.717, 1.165) is 49.9 Å². The number of rotatable bonds is 11. The summed E-state index contributed by atoms with van der Waals surface area (Å²) in [4.78, 5) is 28.8. The molecule has 2 aromatic carbocycles. The van der Waals surface area contributed by atoms with Crippen molar-refractivity contribution in [2.24, 2.45) is 0 Å².